The first kappa shape index (κ1) is 15.8. The zero-order valence-electron chi connectivity index (χ0n) is 12.2. The highest BCUT2D eigenvalue weighted by atomic mass is 16.2. The number of hydrogen-bond acceptors (Lipinski definition) is 4. The van der Waals surface area contributed by atoms with Crippen LogP contribution in [0.15, 0.2) is 18.2 Å². The van der Waals surface area contributed by atoms with Gasteiger partial charge in [0.1, 0.15) is 0 Å². The fourth-order valence-electron chi connectivity index (χ4n) is 1.87. The second kappa shape index (κ2) is 7.37. The summed E-state index contributed by atoms with van der Waals surface area (Å²) in [6.07, 6.45) is 0. The van der Waals surface area contributed by atoms with Crippen molar-refractivity contribution in [3.8, 4) is 0 Å². The van der Waals surface area contributed by atoms with Crippen molar-refractivity contribution in [1.29, 1.82) is 0 Å². The van der Waals surface area contributed by atoms with Crippen molar-refractivity contribution < 1.29 is 9.59 Å². The van der Waals surface area contributed by atoms with Gasteiger partial charge in [0.15, 0.2) is 0 Å². The van der Waals surface area contributed by atoms with Crippen molar-refractivity contribution in [2.75, 3.05) is 37.7 Å². The summed E-state index contributed by atoms with van der Waals surface area (Å²) in [6, 6.07) is 4.96. The van der Waals surface area contributed by atoms with E-state index >= 15 is 0 Å². The van der Waals surface area contributed by atoms with Crippen LogP contribution >= 0.6 is 0 Å². The minimum atomic E-state index is -0.192. The van der Waals surface area contributed by atoms with Crippen molar-refractivity contribution in [3.05, 3.63) is 23.8 Å². The van der Waals surface area contributed by atoms with E-state index in [1.165, 1.54) is 0 Å². The molecule has 0 bridgehead atoms. The monoisotopic (exact) mass is 278 g/mol. The molecule has 1 aromatic carbocycles. The van der Waals surface area contributed by atoms with Gasteiger partial charge < -0.3 is 21.3 Å². The molecular weight excluding hydrogens is 256 g/mol. The number of nitrogens with zero attached hydrogens (tertiary/aromatic N) is 1. The number of likely N-dealkylation sites (N-methyl/N-ethyl adjacent to an activating group) is 1. The molecule has 1 rings (SSSR count). The summed E-state index contributed by atoms with van der Waals surface area (Å²) in [5, 5.41) is 5.53. The van der Waals surface area contributed by atoms with Gasteiger partial charge >= 0.3 is 0 Å². The largest absolute Gasteiger partial charge is 0.397 e. The van der Waals surface area contributed by atoms with Crippen LogP contribution in [0.3, 0.4) is 0 Å². The molecule has 0 aromatic heterocycles. The number of nitrogens with two attached hydrogens (primary N) is 1. The van der Waals surface area contributed by atoms with E-state index in [1.807, 2.05) is 13.8 Å². The number of amides is 2. The predicted molar refractivity (Wildman–Crippen MR) is 80.7 cm³/mol. The molecule has 0 aliphatic carbocycles. The number of anilines is 2. The van der Waals surface area contributed by atoms with Crippen molar-refractivity contribution >= 4 is 23.2 Å². The van der Waals surface area contributed by atoms with Crippen LogP contribution in [-0.2, 0) is 4.79 Å². The first-order chi connectivity index (χ1) is 9.53. The number of benzene rings is 1. The average Bonchev–Trinajstić information content (AvgIpc) is 2.46. The van der Waals surface area contributed by atoms with Crippen LogP contribution in [0, 0.1) is 0 Å². The Morgan fingerprint density at radius 1 is 1.25 bits per heavy atom. The standard InChI is InChI=1S/C14H22N4O2/c1-4-18(5-2)13(19)9-17-12-7-6-10(8-11(12)15)14(20)16-3/h6-8,17H,4-5,9,15H2,1-3H3,(H,16,20). The van der Waals surface area contributed by atoms with Crippen LogP contribution < -0.4 is 16.4 Å². The Hall–Kier alpha value is -2.24. The lowest BCUT2D eigenvalue weighted by Crippen LogP contribution is -2.35. The molecule has 0 heterocycles. The average molecular weight is 278 g/mol. The van der Waals surface area contributed by atoms with E-state index < -0.39 is 0 Å². The van der Waals surface area contributed by atoms with Gasteiger partial charge in [-0.3, -0.25) is 9.59 Å². The van der Waals surface area contributed by atoms with Gasteiger partial charge in [-0.25, -0.2) is 0 Å². The zero-order chi connectivity index (χ0) is 15.1. The van der Waals surface area contributed by atoms with Crippen LogP contribution in [0.4, 0.5) is 11.4 Å². The summed E-state index contributed by atoms with van der Waals surface area (Å²) in [5.74, 6) is -0.174. The van der Waals surface area contributed by atoms with Gasteiger partial charge in [-0.2, -0.15) is 0 Å². The SMILES string of the molecule is CCN(CC)C(=O)CNc1ccc(C(=O)NC)cc1N. The fraction of sp³-hybridized carbons (Fsp3) is 0.429. The predicted octanol–water partition coefficient (Wildman–Crippen LogP) is 0.909. The molecule has 6 heteroatoms. The second-order valence-corrected chi connectivity index (χ2v) is 4.30. The first-order valence-electron chi connectivity index (χ1n) is 6.66. The van der Waals surface area contributed by atoms with Crippen molar-refractivity contribution in [3.63, 3.8) is 0 Å². The number of nitrogen functional groups attached to an aromatic ring is 1. The van der Waals surface area contributed by atoms with Gasteiger partial charge in [-0.1, -0.05) is 0 Å². The minimum absolute atomic E-state index is 0.0183. The molecule has 1 aromatic rings. The third-order valence-electron chi connectivity index (χ3n) is 3.09. The topological polar surface area (TPSA) is 87.5 Å². The summed E-state index contributed by atoms with van der Waals surface area (Å²) in [6.45, 7) is 5.43. The van der Waals surface area contributed by atoms with E-state index in [9.17, 15) is 9.59 Å². The number of nitrogens with one attached hydrogen (secondary N) is 2. The molecule has 0 radical (unpaired) electrons. The Morgan fingerprint density at radius 3 is 2.40 bits per heavy atom. The maximum atomic E-state index is 11.9. The summed E-state index contributed by atoms with van der Waals surface area (Å²) >= 11 is 0. The Morgan fingerprint density at radius 2 is 1.90 bits per heavy atom. The Balaban J connectivity index is 2.70. The lowest BCUT2D eigenvalue weighted by Gasteiger charge is -2.19. The lowest BCUT2D eigenvalue weighted by molar-refractivity contribution is -0.128. The third-order valence-corrected chi connectivity index (χ3v) is 3.09. The van der Waals surface area contributed by atoms with Crippen LogP contribution in [0.1, 0.15) is 24.2 Å². The lowest BCUT2D eigenvalue weighted by atomic mass is 10.1. The van der Waals surface area contributed by atoms with Gasteiger partial charge in [-0.05, 0) is 32.0 Å². The maximum Gasteiger partial charge on any atom is 0.251 e. The zero-order valence-corrected chi connectivity index (χ0v) is 12.2. The molecule has 0 atom stereocenters. The molecule has 0 unspecified atom stereocenters. The molecule has 0 spiro atoms. The van der Waals surface area contributed by atoms with Gasteiger partial charge in [0.2, 0.25) is 5.91 Å². The molecule has 2 amide bonds. The van der Waals surface area contributed by atoms with Crippen molar-refractivity contribution in [2.45, 2.75) is 13.8 Å². The van der Waals surface area contributed by atoms with E-state index in [2.05, 4.69) is 10.6 Å². The summed E-state index contributed by atoms with van der Waals surface area (Å²) < 4.78 is 0. The minimum Gasteiger partial charge on any atom is -0.397 e. The van der Waals surface area contributed by atoms with Crippen LogP contribution in [0.25, 0.3) is 0 Å². The number of hydrogen-bond donors (Lipinski definition) is 3. The number of rotatable bonds is 6. The quantitative estimate of drug-likeness (QED) is 0.675. The molecular formula is C14H22N4O2. The second-order valence-electron chi connectivity index (χ2n) is 4.30. The van der Waals surface area contributed by atoms with Crippen molar-refractivity contribution in [1.82, 2.24) is 10.2 Å². The van der Waals surface area contributed by atoms with Crippen molar-refractivity contribution in [2.24, 2.45) is 0 Å². The van der Waals surface area contributed by atoms with Gasteiger partial charge in [-0.15, -0.1) is 0 Å². The van der Waals surface area contributed by atoms with E-state index in [1.54, 1.807) is 30.1 Å². The molecule has 20 heavy (non-hydrogen) atoms. The van der Waals surface area contributed by atoms with Crippen LogP contribution in [-0.4, -0.2) is 43.4 Å². The van der Waals surface area contributed by atoms with Gasteiger partial charge in [0.25, 0.3) is 5.91 Å². The smallest absolute Gasteiger partial charge is 0.251 e. The molecule has 6 nitrogen and oxygen atoms in total. The first-order valence-corrected chi connectivity index (χ1v) is 6.66. The van der Waals surface area contributed by atoms with E-state index in [0.717, 1.165) is 0 Å². The highest BCUT2D eigenvalue weighted by Crippen LogP contribution is 2.19. The van der Waals surface area contributed by atoms with Crippen LogP contribution in [0.5, 0.6) is 0 Å². The Kier molecular flexibility index (Phi) is 5.83. The molecule has 4 N–H and O–H groups in total. The molecule has 0 aliphatic heterocycles. The Labute approximate surface area is 119 Å². The molecule has 0 saturated carbocycles. The Bertz CT molecular complexity index is 484. The van der Waals surface area contributed by atoms with Gasteiger partial charge in [0, 0.05) is 25.7 Å². The van der Waals surface area contributed by atoms with Crippen LogP contribution in [0.2, 0.25) is 0 Å². The molecule has 0 aliphatic rings. The highest BCUT2D eigenvalue weighted by Gasteiger charge is 2.11. The number of carbonyl (C=O) groups excluding carboxylic acids is 2. The molecule has 0 fully saturated rings. The summed E-state index contributed by atoms with van der Waals surface area (Å²) in [5.41, 5.74) is 7.46. The molecule has 110 valence electrons. The molecule has 0 saturated heterocycles. The fourth-order valence-corrected chi connectivity index (χ4v) is 1.87. The maximum absolute atomic E-state index is 11.9. The summed E-state index contributed by atoms with van der Waals surface area (Å²) in [4.78, 5) is 25.1. The highest BCUT2D eigenvalue weighted by molar-refractivity contribution is 5.96. The normalized spacial score (nSPS) is 9.95. The summed E-state index contributed by atoms with van der Waals surface area (Å²) in [7, 11) is 1.56. The van der Waals surface area contributed by atoms with E-state index in [-0.39, 0.29) is 18.4 Å². The third kappa shape index (κ3) is 3.88. The van der Waals surface area contributed by atoms with E-state index in [4.69, 9.17) is 5.73 Å². The van der Waals surface area contributed by atoms with Gasteiger partial charge in [0.05, 0.1) is 17.9 Å². The number of carbonyl (C=O) groups is 2. The van der Waals surface area contributed by atoms with E-state index in [0.29, 0.717) is 30.0 Å².